The number of nitrogens with one attached hydrogen (secondary N) is 2. The summed E-state index contributed by atoms with van der Waals surface area (Å²) in [7, 11) is 0. The normalized spacial score (nSPS) is 11.4. The third kappa shape index (κ3) is 7.00. The van der Waals surface area contributed by atoms with Crippen LogP contribution in [0.4, 0.5) is 0 Å². The summed E-state index contributed by atoms with van der Waals surface area (Å²) in [6.07, 6.45) is 1.19. The Morgan fingerprint density at radius 1 is 1.10 bits per heavy atom. The Hall–Kier alpha value is -3.19. The van der Waals surface area contributed by atoms with Gasteiger partial charge in [-0.25, -0.2) is 0 Å². The van der Waals surface area contributed by atoms with Crippen molar-refractivity contribution in [2.75, 3.05) is 0 Å². The summed E-state index contributed by atoms with van der Waals surface area (Å²) in [5, 5.41) is 6.01. The van der Waals surface area contributed by atoms with E-state index in [1.807, 2.05) is 0 Å². The molecule has 1 unspecified atom stereocenters. The monoisotopic (exact) mass is 429 g/mol. The molecule has 0 saturated carbocycles. The van der Waals surface area contributed by atoms with Gasteiger partial charge in [0.05, 0.1) is 6.42 Å². The Balaban J connectivity index is 1.94. The first kappa shape index (κ1) is 23.1. The predicted molar refractivity (Wildman–Crippen MR) is 114 cm³/mol. The quantitative estimate of drug-likeness (QED) is 0.501. The van der Waals surface area contributed by atoms with E-state index in [9.17, 15) is 19.2 Å². The number of carbonyl (C=O) groups excluding carboxylic acids is 4. The Bertz CT molecular complexity index is 928. The maximum atomic E-state index is 12.5. The molecule has 158 valence electrons. The van der Waals surface area contributed by atoms with Crippen LogP contribution in [0, 0.1) is 6.92 Å². The van der Waals surface area contributed by atoms with Crippen molar-refractivity contribution in [3.8, 4) is 0 Å². The molecule has 0 saturated heterocycles. The highest BCUT2D eigenvalue weighted by molar-refractivity contribution is 6.30. The van der Waals surface area contributed by atoms with Crippen molar-refractivity contribution in [1.29, 1.82) is 0 Å². The van der Waals surface area contributed by atoms with Gasteiger partial charge in [-0.2, -0.15) is 0 Å². The lowest BCUT2D eigenvalue weighted by atomic mass is 10.0. The molecule has 7 nitrogen and oxygen atoms in total. The second-order valence-corrected chi connectivity index (χ2v) is 7.34. The van der Waals surface area contributed by atoms with Gasteiger partial charge in [0.1, 0.15) is 12.3 Å². The molecule has 4 N–H and O–H groups in total. The molecule has 0 bridgehead atoms. The first-order valence-corrected chi connectivity index (χ1v) is 9.82. The zero-order valence-electron chi connectivity index (χ0n) is 16.6. The number of hydrogen-bond acceptors (Lipinski definition) is 4. The zero-order chi connectivity index (χ0) is 22.1. The SMILES string of the molecule is Cc1cc(CNC(=O)Cc2ccc(Cl)cc2)ccc1C(=O)NC(CCC=O)C(N)=O. The minimum Gasteiger partial charge on any atom is -0.368 e. The molecule has 8 heteroatoms. The van der Waals surface area contributed by atoms with Gasteiger partial charge in [0, 0.05) is 23.6 Å². The molecular weight excluding hydrogens is 406 g/mol. The third-order valence-electron chi connectivity index (χ3n) is 4.53. The Labute approximate surface area is 180 Å². The van der Waals surface area contributed by atoms with Crippen LogP contribution in [0.3, 0.4) is 0 Å². The fourth-order valence-electron chi connectivity index (χ4n) is 2.90. The summed E-state index contributed by atoms with van der Waals surface area (Å²) in [5.41, 5.74) is 8.06. The summed E-state index contributed by atoms with van der Waals surface area (Å²) in [6, 6.07) is 11.3. The van der Waals surface area contributed by atoms with Crippen molar-refractivity contribution in [3.63, 3.8) is 0 Å². The van der Waals surface area contributed by atoms with Crippen LogP contribution in [-0.4, -0.2) is 30.0 Å². The summed E-state index contributed by atoms with van der Waals surface area (Å²) in [4.78, 5) is 46.5. The van der Waals surface area contributed by atoms with Crippen molar-refractivity contribution in [2.45, 2.75) is 38.8 Å². The van der Waals surface area contributed by atoms with Gasteiger partial charge in [-0.1, -0.05) is 35.9 Å². The molecule has 30 heavy (non-hydrogen) atoms. The van der Waals surface area contributed by atoms with E-state index < -0.39 is 17.9 Å². The lowest BCUT2D eigenvalue weighted by Crippen LogP contribution is -2.44. The second-order valence-electron chi connectivity index (χ2n) is 6.90. The summed E-state index contributed by atoms with van der Waals surface area (Å²) in [6.45, 7) is 2.08. The van der Waals surface area contributed by atoms with Gasteiger partial charge in [0.2, 0.25) is 11.8 Å². The van der Waals surface area contributed by atoms with E-state index in [1.54, 1.807) is 49.4 Å². The molecule has 0 aliphatic heterocycles. The molecule has 0 fully saturated rings. The van der Waals surface area contributed by atoms with E-state index >= 15 is 0 Å². The van der Waals surface area contributed by atoms with Gasteiger partial charge in [0.15, 0.2) is 0 Å². The molecule has 2 aromatic carbocycles. The molecule has 0 aliphatic rings. The molecule has 0 aromatic heterocycles. The molecule has 2 rings (SSSR count). The number of halogens is 1. The number of aldehydes is 1. The van der Waals surface area contributed by atoms with E-state index in [4.69, 9.17) is 17.3 Å². The number of hydrogen-bond donors (Lipinski definition) is 3. The van der Waals surface area contributed by atoms with E-state index in [-0.39, 0.29) is 25.2 Å². The first-order chi connectivity index (χ1) is 14.3. The minimum absolute atomic E-state index is 0.127. The van der Waals surface area contributed by atoms with E-state index in [0.717, 1.165) is 11.1 Å². The van der Waals surface area contributed by atoms with Crippen LogP contribution in [-0.2, 0) is 27.3 Å². The number of rotatable bonds is 10. The topological polar surface area (TPSA) is 118 Å². The molecule has 3 amide bonds. The maximum absolute atomic E-state index is 12.5. The number of amides is 3. The number of primary amides is 1. The van der Waals surface area contributed by atoms with Crippen molar-refractivity contribution < 1.29 is 19.2 Å². The number of carbonyl (C=O) groups is 4. The maximum Gasteiger partial charge on any atom is 0.252 e. The number of nitrogens with two attached hydrogens (primary N) is 1. The lowest BCUT2D eigenvalue weighted by Gasteiger charge is -2.16. The standard InChI is InChI=1S/C22H24ClN3O4/c1-14-11-16(13-25-20(28)12-15-4-7-17(23)8-5-15)6-9-18(14)22(30)26-19(21(24)29)3-2-10-27/h4-11,19H,2-3,12-13H2,1H3,(H2,24,29)(H,25,28)(H,26,30). The van der Waals surface area contributed by atoms with Crippen LogP contribution in [0.2, 0.25) is 5.02 Å². The fraction of sp³-hybridized carbons (Fsp3) is 0.273. The molecule has 0 aliphatic carbocycles. The summed E-state index contributed by atoms with van der Waals surface area (Å²) in [5.74, 6) is -1.26. The Morgan fingerprint density at radius 2 is 1.77 bits per heavy atom. The fourth-order valence-corrected chi connectivity index (χ4v) is 3.02. The van der Waals surface area contributed by atoms with E-state index in [0.29, 0.717) is 29.0 Å². The third-order valence-corrected chi connectivity index (χ3v) is 4.78. The van der Waals surface area contributed by atoms with Crippen molar-refractivity contribution >= 4 is 35.6 Å². The average Bonchev–Trinajstić information content (AvgIpc) is 2.71. The van der Waals surface area contributed by atoms with Gasteiger partial charge in [-0.15, -0.1) is 0 Å². The summed E-state index contributed by atoms with van der Waals surface area (Å²) < 4.78 is 0. The van der Waals surface area contributed by atoms with Gasteiger partial charge in [-0.05, 0) is 48.2 Å². The highest BCUT2D eigenvalue weighted by Gasteiger charge is 2.19. The molecule has 0 radical (unpaired) electrons. The molecule has 0 spiro atoms. The second kappa shape index (κ2) is 11.1. The average molecular weight is 430 g/mol. The van der Waals surface area contributed by atoms with Crippen molar-refractivity contribution in [3.05, 3.63) is 69.7 Å². The zero-order valence-corrected chi connectivity index (χ0v) is 17.4. The van der Waals surface area contributed by atoms with Crippen LogP contribution < -0.4 is 16.4 Å². The number of benzene rings is 2. The Kier molecular flexibility index (Phi) is 8.55. The van der Waals surface area contributed by atoms with Crippen LogP contribution in [0.1, 0.15) is 39.9 Å². The van der Waals surface area contributed by atoms with Gasteiger partial charge >= 0.3 is 0 Å². The van der Waals surface area contributed by atoms with Gasteiger partial charge < -0.3 is 21.2 Å². The highest BCUT2D eigenvalue weighted by atomic mass is 35.5. The highest BCUT2D eigenvalue weighted by Crippen LogP contribution is 2.13. The molecule has 0 heterocycles. The van der Waals surface area contributed by atoms with Crippen LogP contribution in [0.25, 0.3) is 0 Å². The first-order valence-electron chi connectivity index (χ1n) is 9.44. The van der Waals surface area contributed by atoms with E-state index in [2.05, 4.69) is 10.6 Å². The van der Waals surface area contributed by atoms with Crippen LogP contribution in [0.15, 0.2) is 42.5 Å². The van der Waals surface area contributed by atoms with E-state index in [1.165, 1.54) is 0 Å². The number of aryl methyl sites for hydroxylation is 1. The largest absolute Gasteiger partial charge is 0.368 e. The molecule has 1 atom stereocenters. The van der Waals surface area contributed by atoms with Gasteiger partial charge in [0.25, 0.3) is 5.91 Å². The minimum atomic E-state index is -0.908. The lowest BCUT2D eigenvalue weighted by molar-refractivity contribution is -0.121. The van der Waals surface area contributed by atoms with Crippen LogP contribution in [0.5, 0.6) is 0 Å². The molecular formula is C22H24ClN3O4. The smallest absolute Gasteiger partial charge is 0.252 e. The molecule has 2 aromatic rings. The van der Waals surface area contributed by atoms with Crippen LogP contribution >= 0.6 is 11.6 Å². The summed E-state index contributed by atoms with van der Waals surface area (Å²) >= 11 is 5.84. The van der Waals surface area contributed by atoms with Crippen molar-refractivity contribution in [2.24, 2.45) is 5.73 Å². The predicted octanol–water partition coefficient (Wildman–Crippen LogP) is 2.07. The Morgan fingerprint density at radius 3 is 2.37 bits per heavy atom. The van der Waals surface area contributed by atoms with Crippen molar-refractivity contribution in [1.82, 2.24) is 10.6 Å². The van der Waals surface area contributed by atoms with Gasteiger partial charge in [-0.3, -0.25) is 14.4 Å².